The summed E-state index contributed by atoms with van der Waals surface area (Å²) in [6, 6.07) is 5.04. The van der Waals surface area contributed by atoms with Gasteiger partial charge in [0.25, 0.3) is 0 Å². The van der Waals surface area contributed by atoms with Gasteiger partial charge in [0.2, 0.25) is 0 Å². The molecule has 1 aromatic heterocycles. The highest BCUT2D eigenvalue weighted by molar-refractivity contribution is 6.30. The van der Waals surface area contributed by atoms with Crippen LogP contribution in [0.4, 0.5) is 5.69 Å². The third kappa shape index (κ3) is 2.09. The number of esters is 1. The van der Waals surface area contributed by atoms with Crippen LogP contribution in [-0.4, -0.2) is 22.9 Å². The largest absolute Gasteiger partial charge is 0.465 e. The van der Waals surface area contributed by atoms with Crippen LogP contribution in [0.3, 0.4) is 0 Å². The summed E-state index contributed by atoms with van der Waals surface area (Å²) in [6.45, 7) is 0. The third-order valence-corrected chi connectivity index (χ3v) is 2.48. The summed E-state index contributed by atoms with van der Waals surface area (Å²) in [7, 11) is 1.30. The van der Waals surface area contributed by atoms with Crippen molar-refractivity contribution >= 4 is 23.3 Å². The van der Waals surface area contributed by atoms with Crippen molar-refractivity contribution in [2.24, 2.45) is 0 Å². The predicted molar refractivity (Wildman–Crippen MR) is 64.3 cm³/mol. The molecule has 0 amide bonds. The van der Waals surface area contributed by atoms with Gasteiger partial charge in [-0.05, 0) is 12.1 Å². The molecular weight excluding hydrogens is 242 g/mol. The second kappa shape index (κ2) is 4.47. The number of methoxy groups -OCH3 is 1. The fourth-order valence-electron chi connectivity index (χ4n) is 1.47. The molecule has 0 atom stereocenters. The van der Waals surface area contributed by atoms with Crippen molar-refractivity contribution < 1.29 is 9.53 Å². The van der Waals surface area contributed by atoms with Crippen molar-refractivity contribution in [3.63, 3.8) is 0 Å². The van der Waals surface area contributed by atoms with E-state index in [0.29, 0.717) is 22.0 Å². The zero-order chi connectivity index (χ0) is 12.4. The molecule has 2 rings (SSSR count). The minimum atomic E-state index is -0.484. The van der Waals surface area contributed by atoms with E-state index in [-0.39, 0.29) is 0 Å². The van der Waals surface area contributed by atoms with Gasteiger partial charge in [0.15, 0.2) is 0 Å². The second-order valence-corrected chi connectivity index (χ2v) is 3.77. The maximum Gasteiger partial charge on any atom is 0.340 e. The number of rotatable bonds is 2. The molecule has 0 aliphatic carbocycles. The lowest BCUT2D eigenvalue weighted by atomic mass is 10.1. The fraction of sp³-hybridized carbons (Fsp3) is 0.0909. The van der Waals surface area contributed by atoms with E-state index in [1.54, 1.807) is 24.4 Å². The molecule has 5 nitrogen and oxygen atoms in total. The number of aromatic nitrogens is 2. The number of nitrogens with zero attached hydrogens (tertiary/aromatic N) is 2. The Balaban J connectivity index is 2.53. The number of nitrogen functional groups attached to an aromatic ring is 1. The van der Waals surface area contributed by atoms with E-state index in [1.165, 1.54) is 18.0 Å². The lowest BCUT2D eigenvalue weighted by Gasteiger charge is -2.09. The van der Waals surface area contributed by atoms with Gasteiger partial charge in [-0.25, -0.2) is 9.48 Å². The molecule has 1 aromatic carbocycles. The average Bonchev–Trinajstić information content (AvgIpc) is 2.75. The van der Waals surface area contributed by atoms with Crippen LogP contribution in [-0.2, 0) is 4.74 Å². The van der Waals surface area contributed by atoms with E-state index in [2.05, 4.69) is 9.84 Å². The molecule has 88 valence electrons. The van der Waals surface area contributed by atoms with Crippen LogP contribution in [0.1, 0.15) is 10.4 Å². The summed E-state index contributed by atoms with van der Waals surface area (Å²) >= 11 is 5.78. The fourth-order valence-corrected chi connectivity index (χ4v) is 1.61. The monoisotopic (exact) mass is 251 g/mol. The van der Waals surface area contributed by atoms with Gasteiger partial charge < -0.3 is 10.5 Å². The normalized spacial score (nSPS) is 10.2. The van der Waals surface area contributed by atoms with Gasteiger partial charge in [0.05, 0.1) is 35.3 Å². The molecular formula is C11H10ClN3O2. The zero-order valence-corrected chi connectivity index (χ0v) is 9.81. The van der Waals surface area contributed by atoms with Gasteiger partial charge in [-0.3, -0.25) is 0 Å². The number of para-hydroxylation sites is 1. The molecule has 1 heterocycles. The number of nitrogens with two attached hydrogens (primary N) is 1. The maximum atomic E-state index is 11.5. The van der Waals surface area contributed by atoms with Crippen molar-refractivity contribution in [2.75, 3.05) is 12.8 Å². The second-order valence-electron chi connectivity index (χ2n) is 3.33. The van der Waals surface area contributed by atoms with E-state index in [1.807, 2.05) is 0 Å². The molecule has 0 fully saturated rings. The van der Waals surface area contributed by atoms with Crippen LogP contribution in [0.15, 0.2) is 30.6 Å². The number of hydrogen-bond acceptors (Lipinski definition) is 4. The maximum absolute atomic E-state index is 11.5. The van der Waals surface area contributed by atoms with Crippen LogP contribution < -0.4 is 5.73 Å². The van der Waals surface area contributed by atoms with Crippen LogP contribution in [0.2, 0.25) is 5.02 Å². The summed E-state index contributed by atoms with van der Waals surface area (Å²) in [6.07, 6.45) is 3.10. The van der Waals surface area contributed by atoms with Gasteiger partial charge in [-0.2, -0.15) is 5.10 Å². The topological polar surface area (TPSA) is 70.1 Å². The summed E-state index contributed by atoms with van der Waals surface area (Å²) < 4.78 is 6.14. The number of ether oxygens (including phenoxy) is 1. The molecule has 0 saturated carbocycles. The number of hydrogen-bond donors (Lipinski definition) is 1. The van der Waals surface area contributed by atoms with Crippen molar-refractivity contribution in [3.05, 3.63) is 41.2 Å². The van der Waals surface area contributed by atoms with Gasteiger partial charge in [-0.15, -0.1) is 0 Å². The third-order valence-electron chi connectivity index (χ3n) is 2.29. The Bertz CT molecular complexity index is 566. The van der Waals surface area contributed by atoms with E-state index < -0.39 is 5.97 Å². The van der Waals surface area contributed by atoms with Crippen LogP contribution in [0.25, 0.3) is 5.69 Å². The van der Waals surface area contributed by atoms with Gasteiger partial charge in [0.1, 0.15) is 0 Å². The van der Waals surface area contributed by atoms with Crippen molar-refractivity contribution in [1.29, 1.82) is 0 Å². The molecule has 0 aliphatic rings. The lowest BCUT2D eigenvalue weighted by Crippen LogP contribution is -2.09. The number of carbonyl (C=O) groups excluding carboxylic acids is 1. The summed E-state index contributed by atoms with van der Waals surface area (Å²) in [5.74, 6) is -0.484. The zero-order valence-electron chi connectivity index (χ0n) is 9.05. The molecule has 0 unspecified atom stereocenters. The minimum Gasteiger partial charge on any atom is -0.465 e. The van der Waals surface area contributed by atoms with Gasteiger partial charge in [-0.1, -0.05) is 17.7 Å². The highest BCUT2D eigenvalue weighted by Crippen LogP contribution is 2.22. The number of benzene rings is 1. The van der Waals surface area contributed by atoms with Gasteiger partial charge >= 0.3 is 5.97 Å². The number of carbonyl (C=O) groups is 1. The first kappa shape index (κ1) is 11.5. The van der Waals surface area contributed by atoms with Crippen LogP contribution in [0.5, 0.6) is 0 Å². The molecule has 0 aliphatic heterocycles. The van der Waals surface area contributed by atoms with Crippen molar-refractivity contribution in [3.8, 4) is 5.69 Å². The van der Waals surface area contributed by atoms with E-state index in [0.717, 1.165) is 0 Å². The molecule has 0 spiro atoms. The molecule has 2 N–H and O–H groups in total. The Labute approximate surface area is 103 Å². The highest BCUT2D eigenvalue weighted by Gasteiger charge is 2.14. The summed E-state index contributed by atoms with van der Waals surface area (Å²) in [5.41, 5.74) is 7.09. The Kier molecular flexibility index (Phi) is 3.01. The SMILES string of the molecule is COC(=O)c1cccc(-n2cc(Cl)cn2)c1N. The van der Waals surface area contributed by atoms with Crippen LogP contribution >= 0.6 is 11.6 Å². The molecule has 0 radical (unpaired) electrons. The predicted octanol–water partition coefficient (Wildman–Crippen LogP) is 1.89. The molecule has 6 heteroatoms. The average molecular weight is 252 g/mol. The first-order valence-corrected chi connectivity index (χ1v) is 5.18. The van der Waals surface area contributed by atoms with Crippen molar-refractivity contribution in [2.45, 2.75) is 0 Å². The Morgan fingerprint density at radius 1 is 1.53 bits per heavy atom. The minimum absolute atomic E-state index is 0.302. The lowest BCUT2D eigenvalue weighted by molar-refractivity contribution is 0.0602. The smallest absolute Gasteiger partial charge is 0.340 e. The number of halogens is 1. The first-order valence-electron chi connectivity index (χ1n) is 4.81. The Hall–Kier alpha value is -2.01. The van der Waals surface area contributed by atoms with E-state index >= 15 is 0 Å². The Morgan fingerprint density at radius 2 is 2.29 bits per heavy atom. The van der Waals surface area contributed by atoms with E-state index in [9.17, 15) is 4.79 Å². The molecule has 0 saturated heterocycles. The summed E-state index contributed by atoms with van der Waals surface area (Å²) in [4.78, 5) is 11.5. The molecule has 2 aromatic rings. The quantitative estimate of drug-likeness (QED) is 0.654. The summed E-state index contributed by atoms with van der Waals surface area (Å²) in [5, 5.41) is 4.52. The number of anilines is 1. The molecule has 0 bridgehead atoms. The van der Waals surface area contributed by atoms with E-state index in [4.69, 9.17) is 17.3 Å². The first-order chi connectivity index (χ1) is 8.13. The highest BCUT2D eigenvalue weighted by atomic mass is 35.5. The van der Waals surface area contributed by atoms with Crippen LogP contribution in [0, 0.1) is 0 Å². The Morgan fingerprint density at radius 3 is 2.88 bits per heavy atom. The van der Waals surface area contributed by atoms with Crippen molar-refractivity contribution in [1.82, 2.24) is 9.78 Å². The standard InChI is InChI=1S/C11H10ClN3O2/c1-17-11(16)8-3-2-4-9(10(8)13)15-6-7(12)5-14-15/h2-6H,13H2,1H3. The molecule has 17 heavy (non-hydrogen) atoms. The van der Waals surface area contributed by atoms with Gasteiger partial charge in [0, 0.05) is 6.20 Å².